The van der Waals surface area contributed by atoms with Crippen LogP contribution in [0.2, 0.25) is 0 Å². The zero-order valence-corrected chi connectivity index (χ0v) is 12.0. The van der Waals surface area contributed by atoms with E-state index in [1.54, 1.807) is 0 Å². The highest BCUT2D eigenvalue weighted by atomic mass is 14.9. The van der Waals surface area contributed by atoms with Gasteiger partial charge in [-0.1, -0.05) is 62.4 Å². The Bertz CT molecular complexity index is 643. The molecule has 102 valence electrons. The van der Waals surface area contributed by atoms with Gasteiger partial charge in [0.05, 0.1) is 11.1 Å². The molecule has 2 nitrogen and oxygen atoms in total. The summed E-state index contributed by atoms with van der Waals surface area (Å²) in [6.07, 6.45) is 0.917. The summed E-state index contributed by atoms with van der Waals surface area (Å²) in [7, 11) is 0. The van der Waals surface area contributed by atoms with Gasteiger partial charge >= 0.3 is 0 Å². The molecular formula is C18H20N2. The first-order chi connectivity index (χ1) is 9.64. The van der Waals surface area contributed by atoms with E-state index in [2.05, 4.69) is 50.2 Å². The van der Waals surface area contributed by atoms with Crippen LogP contribution >= 0.6 is 0 Å². The molecule has 1 aliphatic rings. The summed E-state index contributed by atoms with van der Waals surface area (Å²) >= 11 is 0. The average Bonchev–Trinajstić information content (AvgIpc) is 2.47. The minimum absolute atomic E-state index is 0.199. The molecule has 0 radical (unpaired) electrons. The lowest BCUT2D eigenvalue weighted by Gasteiger charge is -2.40. The van der Waals surface area contributed by atoms with Crippen LogP contribution in [0.3, 0.4) is 0 Å². The van der Waals surface area contributed by atoms with Crippen molar-refractivity contribution in [3.8, 4) is 0 Å². The average molecular weight is 264 g/mol. The molecule has 1 unspecified atom stereocenters. The minimum atomic E-state index is -0.199. The van der Waals surface area contributed by atoms with Gasteiger partial charge in [-0.3, -0.25) is 0 Å². The lowest BCUT2D eigenvalue weighted by molar-refractivity contribution is 0.404. The van der Waals surface area contributed by atoms with Crippen LogP contribution in [-0.4, -0.2) is 5.84 Å². The van der Waals surface area contributed by atoms with Gasteiger partial charge in [0, 0.05) is 0 Å². The van der Waals surface area contributed by atoms with E-state index in [1.165, 1.54) is 11.1 Å². The summed E-state index contributed by atoms with van der Waals surface area (Å²) in [6.45, 7) is 4.45. The molecule has 2 aromatic rings. The van der Waals surface area contributed by atoms with Gasteiger partial charge in [-0.2, -0.15) is 0 Å². The predicted octanol–water partition coefficient (Wildman–Crippen LogP) is 3.83. The molecule has 0 aromatic heterocycles. The van der Waals surface area contributed by atoms with Gasteiger partial charge in [0.1, 0.15) is 5.84 Å². The number of benzene rings is 2. The highest BCUT2D eigenvalue weighted by Gasteiger charge is 2.42. The number of hydrogen-bond acceptors (Lipinski definition) is 2. The number of nitrogens with two attached hydrogens (primary N) is 1. The quantitative estimate of drug-likeness (QED) is 0.879. The zero-order valence-electron chi connectivity index (χ0n) is 12.0. The normalized spacial score (nSPS) is 21.4. The molecule has 0 saturated carbocycles. The first kappa shape index (κ1) is 12.9. The van der Waals surface area contributed by atoms with Crippen LogP contribution in [0.5, 0.6) is 0 Å². The first-order valence-electron chi connectivity index (χ1n) is 7.12. The van der Waals surface area contributed by atoms with Crippen molar-refractivity contribution in [1.82, 2.24) is 0 Å². The van der Waals surface area contributed by atoms with Crippen molar-refractivity contribution in [2.45, 2.75) is 25.7 Å². The summed E-state index contributed by atoms with van der Waals surface area (Å²) < 4.78 is 0. The molecule has 0 amide bonds. The number of para-hydroxylation sites is 1. The fourth-order valence-electron chi connectivity index (χ4n) is 3.21. The molecule has 1 heterocycles. The molecule has 2 heteroatoms. The van der Waals surface area contributed by atoms with Crippen LogP contribution in [0.4, 0.5) is 5.69 Å². The Morgan fingerprint density at radius 1 is 1.00 bits per heavy atom. The van der Waals surface area contributed by atoms with E-state index in [-0.39, 0.29) is 5.41 Å². The Hall–Kier alpha value is -2.09. The van der Waals surface area contributed by atoms with Crippen molar-refractivity contribution >= 4 is 11.5 Å². The van der Waals surface area contributed by atoms with Crippen molar-refractivity contribution in [2.75, 3.05) is 0 Å². The summed E-state index contributed by atoms with van der Waals surface area (Å²) in [5.74, 6) is 1.12. The van der Waals surface area contributed by atoms with Crippen LogP contribution in [0, 0.1) is 5.92 Å². The molecule has 0 aliphatic carbocycles. The number of nitrogens with zero attached hydrogens (tertiary/aromatic N) is 1. The van der Waals surface area contributed by atoms with E-state index >= 15 is 0 Å². The maximum absolute atomic E-state index is 6.41. The SMILES string of the molecule is CC(C)C1(c2ccccc2)Cc2ccccc2N=C1N. The minimum Gasteiger partial charge on any atom is -0.386 e. The van der Waals surface area contributed by atoms with E-state index < -0.39 is 0 Å². The monoisotopic (exact) mass is 264 g/mol. The Morgan fingerprint density at radius 3 is 2.35 bits per heavy atom. The molecule has 20 heavy (non-hydrogen) atoms. The fraction of sp³-hybridized carbons (Fsp3) is 0.278. The number of amidine groups is 1. The number of rotatable bonds is 2. The van der Waals surface area contributed by atoms with Crippen molar-refractivity contribution in [3.63, 3.8) is 0 Å². The van der Waals surface area contributed by atoms with E-state index in [0.717, 1.165) is 17.9 Å². The summed E-state index contributed by atoms with van der Waals surface area (Å²) in [4.78, 5) is 4.69. The first-order valence-corrected chi connectivity index (χ1v) is 7.12. The third-order valence-corrected chi connectivity index (χ3v) is 4.43. The molecular weight excluding hydrogens is 244 g/mol. The molecule has 2 N–H and O–H groups in total. The van der Waals surface area contributed by atoms with E-state index in [4.69, 9.17) is 10.7 Å². The standard InChI is InChI=1S/C18H20N2/c1-13(2)18(15-9-4-3-5-10-15)12-14-8-6-7-11-16(14)20-17(18)19/h3-11,13H,12H2,1-2H3,(H2,19,20). The largest absolute Gasteiger partial charge is 0.386 e. The van der Waals surface area contributed by atoms with Gasteiger partial charge < -0.3 is 5.73 Å². The number of aliphatic imine (C=N–C) groups is 1. The Balaban J connectivity index is 2.20. The van der Waals surface area contributed by atoms with Gasteiger partial charge in [-0.25, -0.2) is 4.99 Å². The number of fused-ring (bicyclic) bond motifs is 1. The molecule has 1 aliphatic heterocycles. The highest BCUT2D eigenvalue weighted by molar-refractivity contribution is 5.96. The second-order valence-corrected chi connectivity index (χ2v) is 5.79. The van der Waals surface area contributed by atoms with Crippen LogP contribution in [0.15, 0.2) is 59.6 Å². The van der Waals surface area contributed by atoms with Crippen LogP contribution in [0.25, 0.3) is 0 Å². The highest BCUT2D eigenvalue weighted by Crippen LogP contribution is 2.42. The van der Waals surface area contributed by atoms with E-state index in [0.29, 0.717) is 5.92 Å². The lowest BCUT2D eigenvalue weighted by Crippen LogP contribution is -2.48. The molecule has 1 atom stereocenters. The second kappa shape index (κ2) is 4.78. The summed E-state index contributed by atoms with van der Waals surface area (Å²) in [6, 6.07) is 18.8. The topological polar surface area (TPSA) is 38.4 Å². The van der Waals surface area contributed by atoms with Crippen molar-refractivity contribution in [2.24, 2.45) is 16.6 Å². The molecule has 0 fully saturated rings. The Kier molecular flexibility index (Phi) is 3.09. The lowest BCUT2D eigenvalue weighted by atomic mass is 9.66. The molecule has 0 spiro atoms. The maximum atomic E-state index is 6.41. The molecule has 0 saturated heterocycles. The van der Waals surface area contributed by atoms with Crippen LogP contribution in [-0.2, 0) is 11.8 Å². The van der Waals surface area contributed by atoms with Crippen molar-refractivity contribution in [1.29, 1.82) is 0 Å². The second-order valence-electron chi connectivity index (χ2n) is 5.79. The summed E-state index contributed by atoms with van der Waals surface area (Å²) in [5.41, 5.74) is 9.76. The third-order valence-electron chi connectivity index (χ3n) is 4.43. The van der Waals surface area contributed by atoms with Gasteiger partial charge in [0.25, 0.3) is 0 Å². The van der Waals surface area contributed by atoms with E-state index in [1.807, 2.05) is 18.2 Å². The van der Waals surface area contributed by atoms with Crippen LogP contribution < -0.4 is 5.73 Å². The third kappa shape index (κ3) is 1.83. The van der Waals surface area contributed by atoms with Gasteiger partial charge in [-0.15, -0.1) is 0 Å². The molecule has 0 bridgehead atoms. The van der Waals surface area contributed by atoms with E-state index in [9.17, 15) is 0 Å². The van der Waals surface area contributed by atoms with Crippen LogP contribution in [0.1, 0.15) is 25.0 Å². The van der Waals surface area contributed by atoms with Crippen molar-refractivity contribution < 1.29 is 0 Å². The molecule has 2 aromatic carbocycles. The van der Waals surface area contributed by atoms with Crippen molar-refractivity contribution in [3.05, 3.63) is 65.7 Å². The zero-order chi connectivity index (χ0) is 14.2. The fourth-order valence-corrected chi connectivity index (χ4v) is 3.21. The number of hydrogen-bond donors (Lipinski definition) is 1. The maximum Gasteiger partial charge on any atom is 0.111 e. The molecule has 3 rings (SSSR count). The Labute approximate surface area is 120 Å². The van der Waals surface area contributed by atoms with Gasteiger partial charge in [-0.05, 0) is 29.5 Å². The summed E-state index contributed by atoms with van der Waals surface area (Å²) in [5, 5.41) is 0. The Morgan fingerprint density at radius 2 is 1.65 bits per heavy atom. The smallest absolute Gasteiger partial charge is 0.111 e. The predicted molar refractivity (Wildman–Crippen MR) is 84.4 cm³/mol. The van der Waals surface area contributed by atoms with Gasteiger partial charge in [0.15, 0.2) is 0 Å². The van der Waals surface area contributed by atoms with Gasteiger partial charge in [0.2, 0.25) is 0 Å².